The van der Waals surface area contributed by atoms with E-state index in [1.165, 1.54) is 0 Å². The van der Waals surface area contributed by atoms with Crippen molar-refractivity contribution in [2.75, 3.05) is 6.61 Å². The van der Waals surface area contributed by atoms with Gasteiger partial charge in [0.25, 0.3) is 0 Å². The second kappa shape index (κ2) is 3.48. The van der Waals surface area contributed by atoms with Crippen LogP contribution in [0.2, 0.25) is 0 Å². The van der Waals surface area contributed by atoms with Crippen LogP contribution in [0.5, 0.6) is 0 Å². The third-order valence-corrected chi connectivity index (χ3v) is 4.52. The maximum Gasteiger partial charge on any atom is 0.320 e. The van der Waals surface area contributed by atoms with Gasteiger partial charge in [0.15, 0.2) is 0 Å². The van der Waals surface area contributed by atoms with Crippen molar-refractivity contribution in [3.05, 3.63) is 0 Å². The molecule has 8 nitrogen and oxygen atoms in total. The molecule has 0 heterocycles. The zero-order chi connectivity index (χ0) is 10.9. The molecule has 0 aromatic heterocycles. The Kier molecular flexibility index (Phi) is 3.41. The summed E-state index contributed by atoms with van der Waals surface area (Å²) in [4.78, 5) is 0. The summed E-state index contributed by atoms with van der Waals surface area (Å²) >= 11 is 0. The van der Waals surface area contributed by atoms with E-state index in [0.717, 1.165) is 0 Å². The van der Waals surface area contributed by atoms with Crippen LogP contribution in [0, 0.1) is 0 Å². The van der Waals surface area contributed by atoms with E-state index in [-0.39, 0.29) is 0 Å². The van der Waals surface area contributed by atoms with Crippen molar-refractivity contribution in [3.8, 4) is 0 Å². The molecule has 0 saturated heterocycles. The topological polar surface area (TPSA) is 149 Å². The highest BCUT2D eigenvalue weighted by Crippen LogP contribution is 2.23. The minimum absolute atomic E-state index is 1.05. The zero-order valence-corrected chi connectivity index (χ0v) is 7.79. The van der Waals surface area contributed by atoms with E-state index in [9.17, 15) is 16.8 Å². The van der Waals surface area contributed by atoms with Crippen LogP contribution in [0.3, 0.4) is 0 Å². The van der Waals surface area contributed by atoms with E-state index < -0.39 is 37.5 Å². The molecule has 0 amide bonds. The highest BCUT2D eigenvalue weighted by molar-refractivity contribution is 8.04. The van der Waals surface area contributed by atoms with Crippen LogP contribution in [0.1, 0.15) is 6.42 Å². The predicted molar refractivity (Wildman–Crippen MR) is 39.7 cm³/mol. The summed E-state index contributed by atoms with van der Waals surface area (Å²) in [6.45, 7) is -1.05. The van der Waals surface area contributed by atoms with E-state index in [0.29, 0.717) is 0 Å². The maximum absolute atomic E-state index is 10.3. The van der Waals surface area contributed by atoms with Crippen molar-refractivity contribution in [1.29, 1.82) is 0 Å². The van der Waals surface area contributed by atoms with Gasteiger partial charge in [-0.05, 0) is 0 Å². The van der Waals surface area contributed by atoms with Crippen molar-refractivity contribution < 1.29 is 36.2 Å². The molecule has 0 spiro atoms. The Hall–Kier alpha value is -0.260. The highest BCUT2D eigenvalue weighted by Gasteiger charge is 2.52. The molecule has 0 bridgehead atoms. The molecule has 0 aliphatic rings. The van der Waals surface area contributed by atoms with Crippen LogP contribution in [0.4, 0.5) is 0 Å². The Labute approximate surface area is 74.3 Å². The Morgan fingerprint density at radius 1 is 1.00 bits per heavy atom. The van der Waals surface area contributed by atoms with Gasteiger partial charge in [-0.1, -0.05) is 0 Å². The van der Waals surface area contributed by atoms with Gasteiger partial charge in [-0.3, -0.25) is 9.11 Å². The monoisotopic (exact) mass is 236 g/mol. The lowest BCUT2D eigenvalue weighted by molar-refractivity contribution is 0.137. The number of rotatable bonds is 4. The first kappa shape index (κ1) is 12.7. The quantitative estimate of drug-likeness (QED) is 0.401. The molecule has 0 aromatic rings. The summed E-state index contributed by atoms with van der Waals surface area (Å²) in [6.07, 6.45) is -1.25. The van der Waals surface area contributed by atoms with Crippen molar-refractivity contribution in [3.63, 3.8) is 0 Å². The maximum atomic E-state index is 10.3. The normalized spacial score (nSPS) is 14.5. The first-order valence-corrected chi connectivity index (χ1v) is 5.71. The largest absolute Gasteiger partial charge is 0.396 e. The fraction of sp³-hybridized carbons (Fsp3) is 1.00. The van der Waals surface area contributed by atoms with Crippen molar-refractivity contribution in [2.45, 2.75) is 10.7 Å². The average Bonchev–Trinajstić information content (AvgIpc) is 1.82. The molecule has 4 N–H and O–H groups in total. The lowest BCUT2D eigenvalue weighted by Gasteiger charge is -2.19. The van der Waals surface area contributed by atoms with E-state index in [1.807, 2.05) is 0 Å². The Bertz CT molecular complexity index is 330. The van der Waals surface area contributed by atoms with Crippen LogP contribution >= 0.6 is 0 Å². The van der Waals surface area contributed by atoms with Gasteiger partial charge in [-0.25, -0.2) is 0 Å². The van der Waals surface area contributed by atoms with E-state index in [4.69, 9.17) is 19.3 Å². The zero-order valence-electron chi connectivity index (χ0n) is 6.15. The van der Waals surface area contributed by atoms with Gasteiger partial charge in [0.05, 0.1) is 0 Å². The Balaban J connectivity index is 5.50. The first-order chi connectivity index (χ1) is 5.56. The fourth-order valence-corrected chi connectivity index (χ4v) is 2.30. The molecular formula is C3H8O8S2. The highest BCUT2D eigenvalue weighted by atomic mass is 32.3. The van der Waals surface area contributed by atoms with Gasteiger partial charge in [0.1, 0.15) is 0 Å². The van der Waals surface area contributed by atoms with Crippen LogP contribution in [-0.4, -0.2) is 47.0 Å². The Morgan fingerprint density at radius 3 is 1.38 bits per heavy atom. The lowest BCUT2D eigenvalue weighted by Crippen LogP contribution is -2.46. The third-order valence-electron chi connectivity index (χ3n) is 1.23. The molecule has 0 aliphatic carbocycles. The molecule has 13 heavy (non-hydrogen) atoms. The van der Waals surface area contributed by atoms with Gasteiger partial charge < -0.3 is 10.2 Å². The minimum atomic E-state index is -5.43. The van der Waals surface area contributed by atoms with Gasteiger partial charge >= 0.3 is 24.5 Å². The SMILES string of the molecule is O=S(=O)(O)C(O)(CCO)S(=O)(=O)O. The van der Waals surface area contributed by atoms with E-state index in [1.54, 1.807) is 0 Å². The minimum Gasteiger partial charge on any atom is -0.396 e. The van der Waals surface area contributed by atoms with Crippen molar-refractivity contribution in [1.82, 2.24) is 0 Å². The van der Waals surface area contributed by atoms with Crippen LogP contribution in [-0.2, 0) is 20.2 Å². The van der Waals surface area contributed by atoms with Gasteiger partial charge in [0, 0.05) is 13.0 Å². The molecule has 0 fully saturated rings. The van der Waals surface area contributed by atoms with Gasteiger partial charge in [-0.2, -0.15) is 16.8 Å². The van der Waals surface area contributed by atoms with Gasteiger partial charge in [-0.15, -0.1) is 0 Å². The molecule has 80 valence electrons. The molecule has 0 atom stereocenters. The molecule has 10 heteroatoms. The van der Waals surface area contributed by atoms with Gasteiger partial charge in [0.2, 0.25) is 0 Å². The van der Waals surface area contributed by atoms with E-state index in [2.05, 4.69) is 0 Å². The molecule has 0 unspecified atom stereocenters. The summed E-state index contributed by atoms with van der Waals surface area (Å²) in [5.41, 5.74) is 0. The molecule has 0 aliphatic heterocycles. The second-order valence-electron chi connectivity index (χ2n) is 2.14. The summed E-state index contributed by atoms with van der Waals surface area (Å²) < 4.78 is 54.2. The number of aliphatic hydroxyl groups is 2. The predicted octanol–water partition coefficient (Wildman–Crippen LogP) is -2.21. The number of aliphatic hydroxyl groups excluding tert-OH is 1. The summed E-state index contributed by atoms with van der Waals surface area (Å²) in [5, 5.41) is 17.1. The summed E-state index contributed by atoms with van der Waals surface area (Å²) in [7, 11) is -10.9. The smallest absolute Gasteiger partial charge is 0.320 e. The molecule has 0 aromatic carbocycles. The van der Waals surface area contributed by atoms with Crippen molar-refractivity contribution in [2.24, 2.45) is 0 Å². The average molecular weight is 236 g/mol. The van der Waals surface area contributed by atoms with Crippen LogP contribution < -0.4 is 0 Å². The fourth-order valence-electron chi connectivity index (χ4n) is 0.532. The van der Waals surface area contributed by atoms with Crippen LogP contribution in [0.25, 0.3) is 0 Å². The third kappa shape index (κ3) is 2.36. The van der Waals surface area contributed by atoms with E-state index >= 15 is 0 Å². The molecule has 0 radical (unpaired) electrons. The van der Waals surface area contributed by atoms with Crippen LogP contribution in [0.15, 0.2) is 0 Å². The molecular weight excluding hydrogens is 228 g/mol. The standard InChI is InChI=1S/C3H8O8S2/c4-2-1-3(5,12(6,7)8)13(9,10)11/h4-5H,1-2H2,(H,6,7,8)(H,9,10,11). The number of hydrogen-bond donors (Lipinski definition) is 4. The number of hydrogen-bond acceptors (Lipinski definition) is 6. The second-order valence-corrected chi connectivity index (χ2v) is 5.65. The molecule has 0 saturated carbocycles. The Morgan fingerprint density at radius 2 is 1.31 bits per heavy atom. The summed E-state index contributed by atoms with van der Waals surface area (Å²) in [5.74, 6) is 0. The molecule has 0 rings (SSSR count). The summed E-state index contributed by atoms with van der Waals surface area (Å²) in [6, 6.07) is 0. The van der Waals surface area contributed by atoms with Crippen molar-refractivity contribution >= 4 is 20.2 Å². The lowest BCUT2D eigenvalue weighted by atomic mass is 10.5. The first-order valence-electron chi connectivity index (χ1n) is 2.83.